The van der Waals surface area contributed by atoms with Crippen molar-refractivity contribution in [2.75, 3.05) is 32.8 Å². The first-order valence-electron chi connectivity index (χ1n) is 9.90. The number of carbonyl (C=O) groups excluding carboxylic acids is 1. The number of carbonyl (C=O) groups is 1. The minimum Gasteiger partial charge on any atom is -0.444 e. The van der Waals surface area contributed by atoms with E-state index in [4.69, 9.17) is 9.47 Å². The molecular formula is C19H37N3O3. The molecule has 0 radical (unpaired) electrons. The van der Waals surface area contributed by atoms with E-state index < -0.39 is 5.60 Å². The molecule has 1 aliphatic carbocycles. The molecule has 2 N–H and O–H groups in total. The summed E-state index contributed by atoms with van der Waals surface area (Å²) in [6, 6.07) is 0.946. The maximum Gasteiger partial charge on any atom is 0.407 e. The standard InChI is InChI=1S/C19H37N3O3/c1-15(22-10-12-24-13-11-22)14-20-16-8-6-5-7-9-17(16)21-18(23)25-19(2,3)4/h15-17,20H,5-14H2,1-4H3,(H,21,23)/t15-,16-,17+/m1/s1. The lowest BCUT2D eigenvalue weighted by atomic mass is 10.0. The van der Waals surface area contributed by atoms with Crippen LogP contribution in [0.3, 0.4) is 0 Å². The zero-order chi connectivity index (χ0) is 18.3. The molecule has 1 heterocycles. The van der Waals surface area contributed by atoms with Gasteiger partial charge < -0.3 is 20.1 Å². The summed E-state index contributed by atoms with van der Waals surface area (Å²) in [7, 11) is 0. The molecule has 0 aromatic rings. The highest BCUT2D eigenvalue weighted by Gasteiger charge is 2.28. The predicted molar refractivity (Wildman–Crippen MR) is 99.9 cm³/mol. The number of amides is 1. The van der Waals surface area contributed by atoms with E-state index in [1.807, 2.05) is 20.8 Å². The first-order chi connectivity index (χ1) is 11.8. The fourth-order valence-corrected chi connectivity index (χ4v) is 3.65. The van der Waals surface area contributed by atoms with Crippen LogP contribution < -0.4 is 10.6 Å². The van der Waals surface area contributed by atoms with E-state index in [-0.39, 0.29) is 12.1 Å². The Morgan fingerprint density at radius 2 is 1.80 bits per heavy atom. The summed E-state index contributed by atoms with van der Waals surface area (Å²) in [5, 5.41) is 6.84. The summed E-state index contributed by atoms with van der Waals surface area (Å²) in [6.45, 7) is 12.6. The minimum absolute atomic E-state index is 0.147. The van der Waals surface area contributed by atoms with E-state index >= 15 is 0 Å². The Labute approximate surface area is 153 Å². The number of ether oxygens (including phenoxy) is 2. The van der Waals surface area contributed by atoms with Crippen LogP contribution in [-0.4, -0.2) is 67.6 Å². The second-order valence-electron chi connectivity index (χ2n) is 8.40. The molecule has 1 saturated heterocycles. The quantitative estimate of drug-likeness (QED) is 0.742. The van der Waals surface area contributed by atoms with Gasteiger partial charge in [0.05, 0.1) is 13.2 Å². The minimum atomic E-state index is -0.456. The zero-order valence-corrected chi connectivity index (χ0v) is 16.5. The Morgan fingerprint density at radius 3 is 2.44 bits per heavy atom. The van der Waals surface area contributed by atoms with Crippen molar-refractivity contribution in [1.29, 1.82) is 0 Å². The van der Waals surface area contributed by atoms with Crippen molar-refractivity contribution >= 4 is 6.09 Å². The Bertz CT molecular complexity index is 405. The number of nitrogens with one attached hydrogen (secondary N) is 2. The molecular weight excluding hydrogens is 318 g/mol. The second-order valence-corrected chi connectivity index (χ2v) is 8.40. The summed E-state index contributed by atoms with van der Waals surface area (Å²) in [4.78, 5) is 14.7. The molecule has 2 fully saturated rings. The smallest absolute Gasteiger partial charge is 0.407 e. The van der Waals surface area contributed by atoms with E-state index in [2.05, 4.69) is 22.5 Å². The highest BCUT2D eigenvalue weighted by molar-refractivity contribution is 5.68. The van der Waals surface area contributed by atoms with Gasteiger partial charge in [-0.25, -0.2) is 4.79 Å². The lowest BCUT2D eigenvalue weighted by molar-refractivity contribution is 0.0194. The van der Waals surface area contributed by atoms with Gasteiger partial charge in [0.25, 0.3) is 0 Å². The molecule has 0 spiro atoms. The third-order valence-electron chi connectivity index (χ3n) is 5.06. The third-order valence-corrected chi connectivity index (χ3v) is 5.06. The first-order valence-corrected chi connectivity index (χ1v) is 9.90. The molecule has 1 amide bonds. The maximum atomic E-state index is 12.2. The van der Waals surface area contributed by atoms with Gasteiger partial charge >= 0.3 is 6.09 Å². The maximum absolute atomic E-state index is 12.2. The van der Waals surface area contributed by atoms with Crippen LogP contribution in [0, 0.1) is 0 Å². The monoisotopic (exact) mass is 355 g/mol. The Balaban J connectivity index is 1.84. The van der Waals surface area contributed by atoms with E-state index in [0.29, 0.717) is 12.1 Å². The number of rotatable bonds is 5. The van der Waals surface area contributed by atoms with Gasteiger partial charge in [-0.05, 0) is 40.5 Å². The Morgan fingerprint density at radius 1 is 1.16 bits per heavy atom. The van der Waals surface area contributed by atoms with E-state index in [9.17, 15) is 4.79 Å². The summed E-state index contributed by atoms with van der Waals surface area (Å²) < 4.78 is 10.9. The first kappa shape index (κ1) is 20.5. The Hall–Kier alpha value is -0.850. The van der Waals surface area contributed by atoms with Crippen LogP contribution in [0.4, 0.5) is 4.79 Å². The highest BCUT2D eigenvalue weighted by Crippen LogP contribution is 2.19. The van der Waals surface area contributed by atoms with Gasteiger partial charge in [0.2, 0.25) is 0 Å². The second kappa shape index (κ2) is 9.74. The molecule has 1 saturated carbocycles. The van der Waals surface area contributed by atoms with Gasteiger partial charge in [0.15, 0.2) is 0 Å². The van der Waals surface area contributed by atoms with Gasteiger partial charge in [-0.3, -0.25) is 4.90 Å². The highest BCUT2D eigenvalue weighted by atomic mass is 16.6. The number of nitrogens with zero attached hydrogens (tertiary/aromatic N) is 1. The van der Waals surface area contributed by atoms with Gasteiger partial charge in [-0.15, -0.1) is 0 Å². The Kier molecular flexibility index (Phi) is 7.97. The SMILES string of the molecule is C[C@H](CN[C@@H]1CCCCC[C@@H]1NC(=O)OC(C)(C)C)N1CCOCC1. The number of hydrogen-bond acceptors (Lipinski definition) is 5. The van der Waals surface area contributed by atoms with E-state index in [0.717, 1.165) is 52.1 Å². The van der Waals surface area contributed by atoms with E-state index in [1.165, 1.54) is 12.8 Å². The van der Waals surface area contributed by atoms with Crippen LogP contribution in [-0.2, 0) is 9.47 Å². The third kappa shape index (κ3) is 7.50. The van der Waals surface area contributed by atoms with Crippen LogP contribution in [0.1, 0.15) is 59.8 Å². The lowest BCUT2D eigenvalue weighted by Crippen LogP contribution is -2.54. The van der Waals surface area contributed by atoms with Crippen molar-refractivity contribution in [1.82, 2.24) is 15.5 Å². The molecule has 0 aromatic heterocycles. The fraction of sp³-hybridized carbons (Fsp3) is 0.947. The molecule has 146 valence electrons. The molecule has 3 atom stereocenters. The summed E-state index contributed by atoms with van der Waals surface area (Å²) >= 11 is 0. The molecule has 6 nitrogen and oxygen atoms in total. The van der Waals surface area contributed by atoms with Crippen molar-refractivity contribution in [2.24, 2.45) is 0 Å². The molecule has 6 heteroatoms. The van der Waals surface area contributed by atoms with Crippen molar-refractivity contribution in [3.63, 3.8) is 0 Å². The average molecular weight is 356 g/mol. The van der Waals surface area contributed by atoms with Crippen LogP contribution >= 0.6 is 0 Å². The van der Waals surface area contributed by atoms with Crippen molar-refractivity contribution in [3.05, 3.63) is 0 Å². The zero-order valence-electron chi connectivity index (χ0n) is 16.5. The van der Waals surface area contributed by atoms with Crippen LogP contribution in [0.15, 0.2) is 0 Å². The average Bonchev–Trinajstić information content (AvgIpc) is 2.77. The molecule has 0 bridgehead atoms. The number of hydrogen-bond donors (Lipinski definition) is 2. The number of morpholine rings is 1. The molecule has 1 aliphatic heterocycles. The van der Waals surface area contributed by atoms with Gasteiger partial charge in [-0.1, -0.05) is 19.3 Å². The summed E-state index contributed by atoms with van der Waals surface area (Å²) in [5.41, 5.74) is -0.456. The predicted octanol–water partition coefficient (Wildman–Crippen LogP) is 2.52. The normalized spacial score (nSPS) is 27.4. The van der Waals surface area contributed by atoms with Crippen LogP contribution in [0.2, 0.25) is 0 Å². The number of alkyl carbamates (subject to hydrolysis) is 1. The van der Waals surface area contributed by atoms with Crippen LogP contribution in [0.5, 0.6) is 0 Å². The van der Waals surface area contributed by atoms with Crippen molar-refractivity contribution in [2.45, 2.75) is 83.5 Å². The molecule has 2 rings (SSSR count). The van der Waals surface area contributed by atoms with E-state index in [1.54, 1.807) is 0 Å². The van der Waals surface area contributed by atoms with Gasteiger partial charge in [-0.2, -0.15) is 0 Å². The molecule has 2 aliphatic rings. The van der Waals surface area contributed by atoms with Crippen molar-refractivity contribution in [3.8, 4) is 0 Å². The molecule has 0 unspecified atom stereocenters. The van der Waals surface area contributed by atoms with Crippen molar-refractivity contribution < 1.29 is 14.3 Å². The fourth-order valence-electron chi connectivity index (χ4n) is 3.65. The van der Waals surface area contributed by atoms with Gasteiger partial charge in [0, 0.05) is 37.8 Å². The largest absolute Gasteiger partial charge is 0.444 e. The van der Waals surface area contributed by atoms with Crippen LogP contribution in [0.25, 0.3) is 0 Å². The topological polar surface area (TPSA) is 62.8 Å². The summed E-state index contributed by atoms with van der Waals surface area (Å²) in [5.74, 6) is 0. The summed E-state index contributed by atoms with van der Waals surface area (Å²) in [6.07, 6.45) is 5.45. The lowest BCUT2D eigenvalue weighted by Gasteiger charge is -2.35. The molecule has 25 heavy (non-hydrogen) atoms. The molecule has 0 aromatic carbocycles. The van der Waals surface area contributed by atoms with Gasteiger partial charge in [0.1, 0.15) is 5.60 Å².